The highest BCUT2D eigenvalue weighted by Gasteiger charge is 2.19. The van der Waals surface area contributed by atoms with Gasteiger partial charge in [0.05, 0.1) is 0 Å². The van der Waals surface area contributed by atoms with Gasteiger partial charge in [-0.15, -0.1) is 6.58 Å². The summed E-state index contributed by atoms with van der Waals surface area (Å²) in [6, 6.07) is 9.50. The van der Waals surface area contributed by atoms with Gasteiger partial charge in [-0.1, -0.05) is 25.1 Å². The highest BCUT2D eigenvalue weighted by atomic mass is 15.2. The van der Waals surface area contributed by atoms with Crippen molar-refractivity contribution in [2.45, 2.75) is 45.2 Å². The molecule has 0 bridgehead atoms. The van der Waals surface area contributed by atoms with Crippen molar-refractivity contribution in [1.29, 1.82) is 0 Å². The van der Waals surface area contributed by atoms with Crippen LogP contribution in [-0.2, 0) is 6.54 Å². The first-order chi connectivity index (χ1) is 13.7. The highest BCUT2D eigenvalue weighted by molar-refractivity contribution is 5.80. The van der Waals surface area contributed by atoms with E-state index in [4.69, 9.17) is 0 Å². The summed E-state index contributed by atoms with van der Waals surface area (Å²) in [5.74, 6) is 1.77. The molecule has 28 heavy (non-hydrogen) atoms. The highest BCUT2D eigenvalue weighted by Crippen LogP contribution is 2.23. The molecule has 2 saturated heterocycles. The molecule has 5 heteroatoms. The minimum absolute atomic E-state index is 0.496. The third-order valence-electron chi connectivity index (χ3n) is 6.08. The molecular formula is C23H37N5. The molecule has 2 N–H and O–H groups in total. The quantitative estimate of drug-likeness (QED) is 0.450. The summed E-state index contributed by atoms with van der Waals surface area (Å²) in [4.78, 5) is 9.37. The van der Waals surface area contributed by atoms with Gasteiger partial charge in [-0.2, -0.15) is 0 Å². The Balaban J connectivity index is 1.43. The van der Waals surface area contributed by atoms with Crippen LogP contribution in [0.5, 0.6) is 0 Å². The van der Waals surface area contributed by atoms with Crippen LogP contribution >= 0.6 is 0 Å². The molecule has 0 amide bonds. The van der Waals surface area contributed by atoms with Crippen LogP contribution in [0, 0.1) is 5.92 Å². The first kappa shape index (κ1) is 20.7. The van der Waals surface area contributed by atoms with E-state index >= 15 is 0 Å². The Hall–Kier alpha value is -2.01. The maximum atomic E-state index is 4.41. The van der Waals surface area contributed by atoms with Crippen molar-refractivity contribution in [3.63, 3.8) is 0 Å². The molecule has 2 aliphatic rings. The molecule has 2 aliphatic heterocycles. The van der Waals surface area contributed by atoms with Crippen molar-refractivity contribution in [2.24, 2.45) is 10.9 Å². The number of anilines is 1. The number of likely N-dealkylation sites (tertiary alicyclic amines) is 1. The molecule has 0 spiro atoms. The van der Waals surface area contributed by atoms with Crippen molar-refractivity contribution in [1.82, 2.24) is 15.5 Å². The van der Waals surface area contributed by atoms with Gasteiger partial charge >= 0.3 is 0 Å². The van der Waals surface area contributed by atoms with Crippen LogP contribution in [0.2, 0.25) is 0 Å². The molecule has 0 aliphatic carbocycles. The Bertz CT molecular complexity index is 623. The summed E-state index contributed by atoms with van der Waals surface area (Å²) in [5.41, 5.74) is 2.64. The normalized spacial score (nSPS) is 20.2. The van der Waals surface area contributed by atoms with Gasteiger partial charge in [-0.25, -0.2) is 0 Å². The van der Waals surface area contributed by atoms with Crippen molar-refractivity contribution in [3.05, 3.63) is 42.5 Å². The summed E-state index contributed by atoms with van der Waals surface area (Å²) in [7, 11) is 1.85. The molecule has 0 saturated carbocycles. The van der Waals surface area contributed by atoms with Crippen molar-refractivity contribution >= 4 is 11.6 Å². The molecule has 0 aromatic heterocycles. The number of nitrogens with zero attached hydrogens (tertiary/aromatic N) is 3. The lowest BCUT2D eigenvalue weighted by Crippen LogP contribution is -2.48. The van der Waals surface area contributed by atoms with Crippen molar-refractivity contribution < 1.29 is 0 Å². The zero-order valence-electron chi connectivity index (χ0n) is 17.7. The Labute approximate surface area is 170 Å². The molecule has 0 unspecified atom stereocenters. The molecular weight excluding hydrogens is 346 g/mol. The lowest BCUT2D eigenvalue weighted by Gasteiger charge is -2.32. The second kappa shape index (κ2) is 10.5. The van der Waals surface area contributed by atoms with Gasteiger partial charge in [0, 0.05) is 58.0 Å². The summed E-state index contributed by atoms with van der Waals surface area (Å²) in [5, 5.41) is 7.05. The zero-order chi connectivity index (χ0) is 19.8. The van der Waals surface area contributed by atoms with E-state index in [1.807, 2.05) is 13.1 Å². The molecule has 2 fully saturated rings. The van der Waals surface area contributed by atoms with Crippen molar-refractivity contribution in [2.75, 3.05) is 44.7 Å². The van der Waals surface area contributed by atoms with Crippen LogP contribution in [-0.4, -0.2) is 56.7 Å². The molecule has 1 aromatic carbocycles. The predicted molar refractivity (Wildman–Crippen MR) is 120 cm³/mol. The number of rotatable bonds is 6. The van der Waals surface area contributed by atoms with Crippen molar-refractivity contribution in [3.8, 4) is 0 Å². The van der Waals surface area contributed by atoms with E-state index < -0.39 is 0 Å². The molecule has 1 aromatic rings. The monoisotopic (exact) mass is 383 g/mol. The number of guanidine groups is 1. The maximum Gasteiger partial charge on any atom is 0.191 e. The lowest BCUT2D eigenvalue weighted by atomic mass is 9.99. The van der Waals surface area contributed by atoms with E-state index in [0.717, 1.165) is 50.9 Å². The second-order valence-corrected chi connectivity index (χ2v) is 8.27. The van der Waals surface area contributed by atoms with Crippen LogP contribution in [0.1, 0.15) is 38.2 Å². The van der Waals surface area contributed by atoms with Gasteiger partial charge in [0.15, 0.2) is 5.96 Å². The van der Waals surface area contributed by atoms with Crippen LogP contribution in [0.4, 0.5) is 5.69 Å². The number of hydrogen-bond acceptors (Lipinski definition) is 3. The number of nitrogens with one attached hydrogen (secondary N) is 2. The van der Waals surface area contributed by atoms with E-state index in [1.54, 1.807) is 0 Å². The van der Waals surface area contributed by atoms with Gasteiger partial charge in [-0.05, 0) is 49.3 Å². The standard InChI is InChI=1S/C23H37N5/c1-4-13-27-14-11-21(12-15-27)26-23(24-3)25-18-20-5-7-22(8-6-20)28-16-9-19(2)10-17-28/h4-8,19,21H,1,9-18H2,2-3H3,(H2,24,25,26). The number of hydrogen-bond donors (Lipinski definition) is 2. The van der Waals surface area contributed by atoms with E-state index in [2.05, 4.69) is 63.2 Å². The zero-order valence-corrected chi connectivity index (χ0v) is 17.7. The predicted octanol–water partition coefficient (Wildman–Crippen LogP) is 3.24. The number of piperidine rings is 2. The first-order valence-corrected chi connectivity index (χ1v) is 10.8. The fraction of sp³-hybridized carbons (Fsp3) is 0.609. The summed E-state index contributed by atoms with van der Waals surface area (Å²) in [6.45, 7) is 12.6. The smallest absolute Gasteiger partial charge is 0.191 e. The van der Waals surface area contributed by atoms with E-state index in [9.17, 15) is 0 Å². The second-order valence-electron chi connectivity index (χ2n) is 8.27. The Morgan fingerprint density at radius 3 is 2.39 bits per heavy atom. The van der Waals surface area contributed by atoms with Crippen LogP contribution in [0.25, 0.3) is 0 Å². The molecule has 0 radical (unpaired) electrons. The minimum Gasteiger partial charge on any atom is -0.372 e. The topological polar surface area (TPSA) is 42.9 Å². The summed E-state index contributed by atoms with van der Waals surface area (Å²) in [6.07, 6.45) is 6.90. The van der Waals surface area contributed by atoms with E-state index in [1.165, 1.54) is 37.2 Å². The third-order valence-corrected chi connectivity index (χ3v) is 6.08. The largest absolute Gasteiger partial charge is 0.372 e. The Morgan fingerprint density at radius 2 is 1.79 bits per heavy atom. The molecule has 0 atom stereocenters. The molecule has 2 heterocycles. The van der Waals surface area contributed by atoms with E-state index in [-0.39, 0.29) is 0 Å². The number of benzene rings is 1. The van der Waals surface area contributed by atoms with E-state index in [0.29, 0.717) is 6.04 Å². The molecule has 5 nitrogen and oxygen atoms in total. The summed E-state index contributed by atoms with van der Waals surface area (Å²) >= 11 is 0. The molecule has 3 rings (SSSR count). The minimum atomic E-state index is 0.496. The first-order valence-electron chi connectivity index (χ1n) is 10.8. The average molecular weight is 384 g/mol. The lowest BCUT2D eigenvalue weighted by molar-refractivity contribution is 0.225. The Kier molecular flexibility index (Phi) is 7.78. The van der Waals surface area contributed by atoms with Crippen LogP contribution < -0.4 is 15.5 Å². The van der Waals surface area contributed by atoms with Gasteiger partial charge in [0.25, 0.3) is 0 Å². The SMILES string of the molecule is C=CCN1CCC(NC(=NC)NCc2ccc(N3CCC(C)CC3)cc2)CC1. The van der Waals surface area contributed by atoms with Gasteiger partial charge in [-0.3, -0.25) is 9.89 Å². The van der Waals surface area contributed by atoms with Gasteiger partial charge in [0.1, 0.15) is 0 Å². The summed E-state index contributed by atoms with van der Waals surface area (Å²) < 4.78 is 0. The molecule has 154 valence electrons. The third kappa shape index (κ3) is 5.99. The maximum absolute atomic E-state index is 4.41. The van der Waals surface area contributed by atoms with Crippen LogP contribution in [0.15, 0.2) is 41.9 Å². The average Bonchev–Trinajstić information content (AvgIpc) is 2.73. The van der Waals surface area contributed by atoms with Gasteiger partial charge in [0.2, 0.25) is 0 Å². The van der Waals surface area contributed by atoms with Gasteiger partial charge < -0.3 is 15.5 Å². The van der Waals surface area contributed by atoms with Crippen LogP contribution in [0.3, 0.4) is 0 Å². The Morgan fingerprint density at radius 1 is 1.11 bits per heavy atom. The number of aliphatic imine (C=N–C) groups is 1. The fourth-order valence-corrected chi connectivity index (χ4v) is 4.11. The fourth-order valence-electron chi connectivity index (χ4n) is 4.11.